The van der Waals surface area contributed by atoms with Crippen LogP contribution in [0.15, 0.2) is 78.1 Å². The number of benzene rings is 2. The van der Waals surface area contributed by atoms with E-state index in [0.29, 0.717) is 39.3 Å². The summed E-state index contributed by atoms with van der Waals surface area (Å²) < 4.78 is 6.95. The molecule has 0 saturated heterocycles. The second-order valence-corrected chi connectivity index (χ2v) is 8.45. The lowest BCUT2D eigenvalue weighted by molar-refractivity contribution is 0.121. The molecular weight excluding hydrogens is 444 g/mol. The van der Waals surface area contributed by atoms with Crippen molar-refractivity contribution in [3.05, 3.63) is 106 Å². The highest BCUT2D eigenvalue weighted by Gasteiger charge is 2.36. The zero-order valence-corrected chi connectivity index (χ0v) is 19.5. The molecule has 8 nitrogen and oxygen atoms in total. The summed E-state index contributed by atoms with van der Waals surface area (Å²) in [5.41, 5.74) is 2.47. The monoisotopic (exact) mass is 468 g/mol. The van der Waals surface area contributed by atoms with E-state index in [1.54, 1.807) is 43.1 Å². The third-order valence-electron chi connectivity index (χ3n) is 6.36. The van der Waals surface area contributed by atoms with E-state index in [9.17, 15) is 15.0 Å². The number of pyridine rings is 2. The number of fused-ring (bicyclic) bond motifs is 1. The van der Waals surface area contributed by atoms with Gasteiger partial charge in [-0.15, -0.1) is 0 Å². The second kappa shape index (κ2) is 8.41. The van der Waals surface area contributed by atoms with Crippen LogP contribution >= 0.6 is 0 Å². The standard InChI is InChI=1S/C27H24N4O4/c1-16-9-19(32)13-29-26(16)22-12-25(33)31(2)23-8-7-18(11-21(22)23)27(34,24-14-28-15-30-24)17-5-4-6-20(10-17)35-3/h4-15,32,34H,1-3H3,(H,28,30). The smallest absolute Gasteiger partial charge is 0.251 e. The highest BCUT2D eigenvalue weighted by atomic mass is 16.5. The van der Waals surface area contributed by atoms with Crippen molar-refractivity contribution in [3.63, 3.8) is 0 Å². The number of hydrogen-bond donors (Lipinski definition) is 3. The SMILES string of the molecule is COc1cccc(C(O)(c2ccc3c(c2)c(-c2ncc(O)cc2C)cc(=O)n3C)c2cnc[nH]2)c1. The third kappa shape index (κ3) is 3.64. The van der Waals surface area contributed by atoms with Crippen LogP contribution in [0.4, 0.5) is 0 Å². The summed E-state index contributed by atoms with van der Waals surface area (Å²) in [5.74, 6) is 0.653. The first kappa shape index (κ1) is 22.4. The van der Waals surface area contributed by atoms with Crippen LogP contribution in [-0.4, -0.2) is 36.8 Å². The van der Waals surface area contributed by atoms with E-state index in [-0.39, 0.29) is 11.3 Å². The van der Waals surface area contributed by atoms with Crippen LogP contribution in [0.3, 0.4) is 0 Å². The van der Waals surface area contributed by atoms with E-state index in [1.807, 2.05) is 37.3 Å². The average molecular weight is 469 g/mol. The molecule has 0 aliphatic rings. The van der Waals surface area contributed by atoms with Crippen molar-refractivity contribution < 1.29 is 14.9 Å². The van der Waals surface area contributed by atoms with Crippen molar-refractivity contribution in [1.82, 2.24) is 19.5 Å². The molecule has 0 fully saturated rings. The molecule has 5 rings (SSSR count). The molecule has 0 radical (unpaired) electrons. The number of aromatic nitrogens is 4. The summed E-state index contributed by atoms with van der Waals surface area (Å²) in [6.07, 6.45) is 4.45. The number of methoxy groups -OCH3 is 1. The van der Waals surface area contributed by atoms with E-state index >= 15 is 0 Å². The topological polar surface area (TPSA) is 113 Å². The molecule has 1 unspecified atom stereocenters. The fourth-order valence-electron chi connectivity index (χ4n) is 4.50. The van der Waals surface area contributed by atoms with Crippen molar-refractivity contribution in [2.45, 2.75) is 12.5 Å². The van der Waals surface area contributed by atoms with Gasteiger partial charge in [0.05, 0.1) is 42.7 Å². The maximum absolute atomic E-state index is 12.8. The van der Waals surface area contributed by atoms with Gasteiger partial charge in [-0.25, -0.2) is 4.98 Å². The van der Waals surface area contributed by atoms with Crippen molar-refractivity contribution in [3.8, 4) is 22.8 Å². The minimum Gasteiger partial charge on any atom is -0.506 e. The van der Waals surface area contributed by atoms with Gasteiger partial charge in [0.2, 0.25) is 0 Å². The molecule has 5 aromatic rings. The van der Waals surface area contributed by atoms with Gasteiger partial charge >= 0.3 is 0 Å². The molecule has 0 spiro atoms. The number of aliphatic hydroxyl groups is 1. The van der Waals surface area contributed by atoms with Crippen molar-refractivity contribution in [1.29, 1.82) is 0 Å². The minimum absolute atomic E-state index is 0.0479. The molecule has 0 bridgehead atoms. The van der Waals surface area contributed by atoms with Crippen LogP contribution in [-0.2, 0) is 12.6 Å². The molecular formula is C27H24N4O4. The van der Waals surface area contributed by atoms with Gasteiger partial charge in [0.1, 0.15) is 11.5 Å². The quantitative estimate of drug-likeness (QED) is 0.363. The van der Waals surface area contributed by atoms with E-state index < -0.39 is 5.60 Å². The number of rotatable bonds is 5. The fourth-order valence-corrected chi connectivity index (χ4v) is 4.50. The number of aromatic amines is 1. The zero-order valence-electron chi connectivity index (χ0n) is 19.5. The Kier molecular flexibility index (Phi) is 5.37. The van der Waals surface area contributed by atoms with Gasteiger partial charge in [-0.1, -0.05) is 18.2 Å². The summed E-state index contributed by atoms with van der Waals surface area (Å²) in [6.45, 7) is 1.83. The van der Waals surface area contributed by atoms with E-state index in [2.05, 4.69) is 15.0 Å². The number of aryl methyl sites for hydroxylation is 2. The number of ether oxygens (including phenoxy) is 1. The molecule has 0 aliphatic heterocycles. The van der Waals surface area contributed by atoms with Crippen molar-refractivity contribution >= 4 is 10.9 Å². The molecule has 3 N–H and O–H groups in total. The summed E-state index contributed by atoms with van der Waals surface area (Å²) in [6, 6.07) is 15.8. The number of hydrogen-bond acceptors (Lipinski definition) is 6. The van der Waals surface area contributed by atoms with E-state index in [0.717, 1.165) is 10.9 Å². The van der Waals surface area contributed by atoms with Gasteiger partial charge in [0.15, 0.2) is 5.60 Å². The highest BCUT2D eigenvalue weighted by molar-refractivity contribution is 5.95. The molecule has 0 aliphatic carbocycles. The van der Waals surface area contributed by atoms with Crippen LogP contribution in [0.25, 0.3) is 22.2 Å². The molecule has 8 heteroatoms. The van der Waals surface area contributed by atoms with Gasteiger partial charge in [-0.05, 0) is 53.9 Å². The maximum atomic E-state index is 12.8. The van der Waals surface area contributed by atoms with Crippen LogP contribution in [0.2, 0.25) is 0 Å². The Morgan fingerprint density at radius 2 is 1.86 bits per heavy atom. The number of nitrogens with one attached hydrogen (secondary N) is 1. The van der Waals surface area contributed by atoms with Crippen LogP contribution in [0, 0.1) is 6.92 Å². The first-order valence-corrected chi connectivity index (χ1v) is 11.0. The Bertz CT molecular complexity index is 1610. The lowest BCUT2D eigenvalue weighted by atomic mass is 9.82. The maximum Gasteiger partial charge on any atom is 0.251 e. The Labute approximate surface area is 201 Å². The Balaban J connectivity index is 1.83. The van der Waals surface area contributed by atoms with Gasteiger partial charge in [0, 0.05) is 24.1 Å². The summed E-state index contributed by atoms with van der Waals surface area (Å²) in [4.78, 5) is 24.3. The van der Waals surface area contributed by atoms with Gasteiger partial charge in [0.25, 0.3) is 5.56 Å². The summed E-state index contributed by atoms with van der Waals surface area (Å²) >= 11 is 0. The van der Waals surface area contributed by atoms with E-state index in [1.165, 1.54) is 18.6 Å². The van der Waals surface area contributed by atoms with E-state index in [4.69, 9.17) is 4.74 Å². The number of imidazole rings is 1. The normalized spacial score (nSPS) is 13.0. The predicted octanol–water partition coefficient (Wildman–Crippen LogP) is 3.63. The minimum atomic E-state index is -1.58. The van der Waals surface area contributed by atoms with Crippen molar-refractivity contribution in [2.24, 2.45) is 7.05 Å². The first-order chi connectivity index (χ1) is 16.8. The predicted molar refractivity (Wildman–Crippen MR) is 133 cm³/mol. The van der Waals surface area contributed by atoms with Gasteiger partial charge < -0.3 is 24.5 Å². The highest BCUT2D eigenvalue weighted by Crippen LogP contribution is 2.39. The molecule has 35 heavy (non-hydrogen) atoms. The van der Waals surface area contributed by atoms with Crippen LogP contribution in [0.5, 0.6) is 11.5 Å². The van der Waals surface area contributed by atoms with Crippen molar-refractivity contribution in [2.75, 3.05) is 7.11 Å². The lowest BCUT2D eigenvalue weighted by Crippen LogP contribution is -2.29. The molecule has 0 amide bonds. The molecule has 3 aromatic heterocycles. The lowest BCUT2D eigenvalue weighted by Gasteiger charge is -2.29. The average Bonchev–Trinajstić information content (AvgIpc) is 3.41. The molecule has 1 atom stereocenters. The molecule has 2 aromatic carbocycles. The summed E-state index contributed by atoms with van der Waals surface area (Å²) in [7, 11) is 3.28. The van der Waals surface area contributed by atoms with Gasteiger partial charge in [-0.2, -0.15) is 0 Å². The second-order valence-electron chi connectivity index (χ2n) is 8.45. The first-order valence-electron chi connectivity index (χ1n) is 11.0. The number of aromatic hydroxyl groups is 1. The zero-order chi connectivity index (χ0) is 24.7. The molecule has 0 saturated carbocycles. The number of H-pyrrole nitrogens is 1. The van der Waals surface area contributed by atoms with Crippen LogP contribution in [0.1, 0.15) is 22.4 Å². The summed E-state index contributed by atoms with van der Waals surface area (Å²) in [5, 5.41) is 22.8. The van der Waals surface area contributed by atoms with Gasteiger partial charge in [-0.3, -0.25) is 9.78 Å². The third-order valence-corrected chi connectivity index (χ3v) is 6.36. The fraction of sp³-hybridized carbons (Fsp3) is 0.148. The molecule has 3 heterocycles. The Hall–Kier alpha value is -4.43. The van der Waals surface area contributed by atoms with Crippen LogP contribution < -0.4 is 10.3 Å². The number of nitrogens with zero attached hydrogens (tertiary/aromatic N) is 3. The largest absolute Gasteiger partial charge is 0.506 e. The molecule has 176 valence electrons. The Morgan fingerprint density at radius 1 is 1.06 bits per heavy atom. The Morgan fingerprint density at radius 3 is 2.57 bits per heavy atom.